The molecule has 0 unspecified atom stereocenters. The topological polar surface area (TPSA) is 88.8 Å². The Morgan fingerprint density at radius 2 is 2.00 bits per heavy atom. The molecule has 0 aliphatic heterocycles. The fourth-order valence-corrected chi connectivity index (χ4v) is 1.13. The number of Topliss-reactive ketones (excluding diaryl/α,β-unsaturated/α-hetero) is 1. The van der Waals surface area contributed by atoms with Crippen LogP contribution in [0.25, 0.3) is 11.0 Å². The summed E-state index contributed by atoms with van der Waals surface area (Å²) in [5.41, 5.74) is 1.47. The lowest BCUT2D eigenvalue weighted by Gasteiger charge is -2.11. The molecule has 2 aromatic rings. The van der Waals surface area contributed by atoms with E-state index < -0.39 is 11.0 Å². The average molecular weight is 281 g/mol. The summed E-state index contributed by atoms with van der Waals surface area (Å²) in [4.78, 5) is 18.0. The summed E-state index contributed by atoms with van der Waals surface area (Å²) in [6, 6.07) is 3.73. The van der Waals surface area contributed by atoms with Gasteiger partial charge in [0.1, 0.15) is 5.65 Å². The number of carbonyl (C=O) groups is 1. The molecule has 1 atom stereocenters. The minimum absolute atomic E-state index is 0.0469. The Hall–Kier alpha value is -1.53. The Morgan fingerprint density at radius 3 is 2.47 bits per heavy atom. The highest BCUT2D eigenvalue weighted by atomic mass is 32.2. The Kier molecular flexibility index (Phi) is 4.97. The Bertz CT molecular complexity index is 599. The molecule has 0 fully saturated rings. The molecule has 6 heteroatoms. The molecule has 0 aliphatic rings. The summed E-state index contributed by atoms with van der Waals surface area (Å²) in [6.07, 6.45) is 3.39. The fraction of sp³-hybridized carbons (Fsp3) is 0.385. The summed E-state index contributed by atoms with van der Waals surface area (Å²) in [5.74, 6) is 0.0469. The molecule has 0 spiro atoms. The van der Waals surface area contributed by atoms with Crippen LogP contribution >= 0.6 is 0 Å². The zero-order valence-corrected chi connectivity index (χ0v) is 12.4. The van der Waals surface area contributed by atoms with Crippen LogP contribution in [0, 0.1) is 0 Å². The Morgan fingerprint density at radius 1 is 1.42 bits per heavy atom. The first-order valence-corrected chi connectivity index (χ1v) is 7.03. The largest absolute Gasteiger partial charge is 0.346 e. The number of ketones is 1. The predicted octanol–water partition coefficient (Wildman–Crippen LogP) is 2.17. The molecule has 5 nitrogen and oxygen atoms in total. The predicted molar refractivity (Wildman–Crippen MR) is 78.2 cm³/mol. The van der Waals surface area contributed by atoms with Crippen LogP contribution in [-0.2, 0) is 11.0 Å². The monoisotopic (exact) mass is 281 g/mol. The van der Waals surface area contributed by atoms with Gasteiger partial charge in [-0.15, -0.1) is 0 Å². The molecule has 0 bridgehead atoms. The third-order valence-corrected chi connectivity index (χ3v) is 3.62. The molecule has 0 aliphatic carbocycles. The number of H-pyrrole nitrogens is 1. The van der Waals surface area contributed by atoms with Crippen LogP contribution < -0.4 is 5.14 Å². The van der Waals surface area contributed by atoms with Gasteiger partial charge < -0.3 is 4.98 Å². The molecule has 0 saturated carbocycles. The molecule has 104 valence electrons. The van der Waals surface area contributed by atoms with Crippen LogP contribution in [0.5, 0.6) is 0 Å². The Balaban J connectivity index is 0.000000224. The van der Waals surface area contributed by atoms with Crippen molar-refractivity contribution in [2.75, 3.05) is 0 Å². The number of pyridine rings is 1. The van der Waals surface area contributed by atoms with Crippen LogP contribution in [0.2, 0.25) is 0 Å². The van der Waals surface area contributed by atoms with E-state index in [9.17, 15) is 9.00 Å². The summed E-state index contributed by atoms with van der Waals surface area (Å²) >= 11 is 0. The van der Waals surface area contributed by atoms with Crippen LogP contribution in [-0.4, -0.2) is 24.7 Å². The van der Waals surface area contributed by atoms with E-state index in [1.165, 1.54) is 6.92 Å². The van der Waals surface area contributed by atoms with Gasteiger partial charge in [0.05, 0.1) is 15.7 Å². The molecule has 2 heterocycles. The van der Waals surface area contributed by atoms with Crippen molar-refractivity contribution in [2.24, 2.45) is 5.14 Å². The first-order valence-electron chi connectivity index (χ1n) is 5.82. The van der Waals surface area contributed by atoms with Gasteiger partial charge in [0.15, 0.2) is 5.78 Å². The van der Waals surface area contributed by atoms with Gasteiger partial charge in [-0.05, 0) is 39.8 Å². The highest BCUT2D eigenvalue weighted by Gasteiger charge is 2.14. The maximum absolute atomic E-state index is 11.0. The summed E-state index contributed by atoms with van der Waals surface area (Å²) in [6.45, 7) is 7.05. The van der Waals surface area contributed by atoms with E-state index in [4.69, 9.17) is 5.14 Å². The molecular weight excluding hydrogens is 262 g/mol. The fourth-order valence-electron chi connectivity index (χ4n) is 1.13. The number of fused-ring (bicyclic) bond motifs is 1. The second-order valence-corrected chi connectivity index (χ2v) is 6.93. The maximum Gasteiger partial charge on any atom is 0.161 e. The zero-order valence-electron chi connectivity index (χ0n) is 11.6. The lowest BCUT2D eigenvalue weighted by Crippen LogP contribution is -2.27. The molecule has 0 saturated heterocycles. The van der Waals surface area contributed by atoms with E-state index in [-0.39, 0.29) is 10.5 Å². The highest BCUT2D eigenvalue weighted by molar-refractivity contribution is 7.84. The number of nitrogens with zero attached hydrogens (tertiary/aromatic N) is 1. The molecule has 0 aromatic carbocycles. The summed E-state index contributed by atoms with van der Waals surface area (Å²) in [5, 5.41) is 6.02. The number of hydrogen-bond acceptors (Lipinski definition) is 3. The third kappa shape index (κ3) is 4.57. The maximum atomic E-state index is 11.0. The van der Waals surface area contributed by atoms with E-state index in [0.717, 1.165) is 11.0 Å². The highest BCUT2D eigenvalue weighted by Crippen LogP contribution is 2.11. The van der Waals surface area contributed by atoms with E-state index in [1.54, 1.807) is 6.20 Å². The van der Waals surface area contributed by atoms with Gasteiger partial charge in [0.2, 0.25) is 0 Å². The van der Waals surface area contributed by atoms with E-state index in [1.807, 2.05) is 39.1 Å². The van der Waals surface area contributed by atoms with Crippen LogP contribution in [0.1, 0.15) is 38.1 Å². The quantitative estimate of drug-likeness (QED) is 0.785. The molecule has 0 radical (unpaired) electrons. The molecule has 3 N–H and O–H groups in total. The zero-order chi connectivity index (χ0) is 14.6. The van der Waals surface area contributed by atoms with Crippen LogP contribution in [0.4, 0.5) is 0 Å². The lowest BCUT2D eigenvalue weighted by atomic mass is 10.2. The van der Waals surface area contributed by atoms with Gasteiger partial charge in [-0.25, -0.2) is 9.19 Å². The molecule has 2 aromatic heterocycles. The molecule has 19 heavy (non-hydrogen) atoms. The first kappa shape index (κ1) is 15.5. The van der Waals surface area contributed by atoms with E-state index in [2.05, 4.69) is 9.97 Å². The van der Waals surface area contributed by atoms with Crippen molar-refractivity contribution < 1.29 is 9.00 Å². The Labute approximate surface area is 115 Å². The number of carbonyl (C=O) groups excluding carboxylic acids is 1. The summed E-state index contributed by atoms with van der Waals surface area (Å²) in [7, 11) is -1.18. The minimum Gasteiger partial charge on any atom is -0.346 e. The second kappa shape index (κ2) is 6.08. The normalized spacial score (nSPS) is 12.7. The number of hydrogen-bond donors (Lipinski definition) is 2. The number of aromatic amines is 1. The first-order chi connectivity index (χ1) is 8.71. The van der Waals surface area contributed by atoms with Gasteiger partial charge in [0, 0.05) is 23.3 Å². The number of aromatic nitrogens is 2. The number of nitrogens with two attached hydrogens (primary N) is 1. The SMILES string of the molecule is CC(=O)c1cnc2[nH]ccc2c1.CC(C)(C)[S@@](N)=O. The van der Waals surface area contributed by atoms with Crippen molar-refractivity contribution in [3.8, 4) is 0 Å². The molecule has 0 amide bonds. The van der Waals surface area contributed by atoms with Crippen molar-refractivity contribution in [3.63, 3.8) is 0 Å². The van der Waals surface area contributed by atoms with E-state index >= 15 is 0 Å². The van der Waals surface area contributed by atoms with Gasteiger partial charge in [0.25, 0.3) is 0 Å². The van der Waals surface area contributed by atoms with Crippen molar-refractivity contribution in [1.29, 1.82) is 0 Å². The molecular formula is C13H19N3O2S. The van der Waals surface area contributed by atoms with Gasteiger partial charge in [-0.3, -0.25) is 9.93 Å². The smallest absolute Gasteiger partial charge is 0.161 e. The van der Waals surface area contributed by atoms with Crippen molar-refractivity contribution in [1.82, 2.24) is 9.97 Å². The lowest BCUT2D eigenvalue weighted by molar-refractivity contribution is 0.101. The standard InChI is InChI=1S/C9H8N2O.C4H11NOS/c1-6(12)8-4-7-2-3-10-9(7)11-5-8;1-4(2,3)7(5)6/h2-5H,1H3,(H,10,11);5H2,1-3H3/t;7-/m.0/s1. The third-order valence-electron chi connectivity index (χ3n) is 2.41. The van der Waals surface area contributed by atoms with Crippen molar-refractivity contribution in [3.05, 3.63) is 30.1 Å². The number of rotatable bonds is 1. The average Bonchev–Trinajstić information content (AvgIpc) is 2.74. The van der Waals surface area contributed by atoms with Crippen LogP contribution in [0.15, 0.2) is 24.5 Å². The van der Waals surface area contributed by atoms with E-state index in [0.29, 0.717) is 5.56 Å². The van der Waals surface area contributed by atoms with Gasteiger partial charge in [-0.1, -0.05) is 0 Å². The van der Waals surface area contributed by atoms with Crippen molar-refractivity contribution in [2.45, 2.75) is 32.4 Å². The second-order valence-electron chi connectivity index (χ2n) is 5.11. The van der Waals surface area contributed by atoms with Crippen LogP contribution in [0.3, 0.4) is 0 Å². The van der Waals surface area contributed by atoms with Gasteiger partial charge in [-0.2, -0.15) is 0 Å². The van der Waals surface area contributed by atoms with Crippen molar-refractivity contribution >= 4 is 27.8 Å². The number of nitrogens with one attached hydrogen (secondary N) is 1. The molecule has 2 rings (SSSR count). The summed E-state index contributed by atoms with van der Waals surface area (Å²) < 4.78 is 10.1. The van der Waals surface area contributed by atoms with Gasteiger partial charge >= 0.3 is 0 Å². The minimum atomic E-state index is -1.18.